The van der Waals surface area contributed by atoms with E-state index >= 15 is 0 Å². The van der Waals surface area contributed by atoms with Gasteiger partial charge in [0.25, 0.3) is 0 Å². The molecule has 1 aliphatic heterocycles. The highest BCUT2D eigenvalue weighted by Crippen LogP contribution is 2.18. The summed E-state index contributed by atoms with van der Waals surface area (Å²) in [5.74, 6) is -1.83. The number of carboxylic acid groups (broad SMARTS) is 2. The molecule has 14 nitrogen and oxygen atoms in total. The fourth-order valence-corrected chi connectivity index (χ4v) is 9.16. The molecular weight excluding hydrogens is 699 g/mol. The third-order valence-electron chi connectivity index (χ3n) is 9.27. The Bertz CT molecular complexity index is 1130. The van der Waals surface area contributed by atoms with E-state index in [-0.39, 0.29) is 18.8 Å². The SMILES string of the molecule is CCOC(=O)CCN1CCCN(Cc2ccc(CNCCC[Si](OCC)(OCC)OCC)cc2)CCN(CCC(=O)O)CCCN(CCC(=O)O)CC1. The van der Waals surface area contributed by atoms with Crippen molar-refractivity contribution in [3.63, 3.8) is 0 Å². The zero-order valence-electron chi connectivity index (χ0n) is 33.0. The highest BCUT2D eigenvalue weighted by Gasteiger charge is 2.39. The summed E-state index contributed by atoms with van der Waals surface area (Å²) in [5.41, 5.74) is 2.44. The lowest BCUT2D eigenvalue weighted by Crippen LogP contribution is -2.46. The Morgan fingerprint density at radius 2 is 1.09 bits per heavy atom. The van der Waals surface area contributed by atoms with Crippen LogP contribution in [-0.4, -0.2) is 161 Å². The smallest absolute Gasteiger partial charge is 0.481 e. The molecule has 0 saturated carbocycles. The van der Waals surface area contributed by atoms with Gasteiger partial charge in [0.15, 0.2) is 0 Å². The molecule has 0 aromatic heterocycles. The fourth-order valence-electron chi connectivity index (χ4n) is 6.55. The second-order valence-electron chi connectivity index (χ2n) is 13.4. The number of carbonyl (C=O) groups is 3. The van der Waals surface area contributed by atoms with Crippen LogP contribution in [0.2, 0.25) is 6.04 Å². The van der Waals surface area contributed by atoms with Gasteiger partial charge in [-0.05, 0) is 90.8 Å². The summed E-state index contributed by atoms with van der Waals surface area (Å²) in [6.07, 6.45) is 3.09. The number of nitrogens with zero attached hydrogens (tertiary/aromatic N) is 4. The second kappa shape index (κ2) is 28.0. The first-order chi connectivity index (χ1) is 25.6. The lowest BCUT2D eigenvalue weighted by atomic mass is 10.1. The number of aliphatic carboxylic acids is 2. The highest BCUT2D eigenvalue weighted by molar-refractivity contribution is 6.60. The number of hydrogen-bond donors (Lipinski definition) is 3. The molecule has 15 heteroatoms. The molecule has 1 saturated heterocycles. The van der Waals surface area contributed by atoms with Crippen molar-refractivity contribution >= 4 is 26.7 Å². The predicted octanol–water partition coefficient (Wildman–Crippen LogP) is 3.62. The van der Waals surface area contributed by atoms with Gasteiger partial charge in [-0.25, -0.2) is 0 Å². The third-order valence-corrected chi connectivity index (χ3v) is 12.4. The monoisotopic (exact) mass is 767 g/mol. The molecule has 53 heavy (non-hydrogen) atoms. The molecule has 3 N–H and O–H groups in total. The molecule has 0 bridgehead atoms. The number of carboxylic acids is 2. The van der Waals surface area contributed by atoms with E-state index in [2.05, 4.69) is 49.2 Å². The molecule has 0 spiro atoms. The van der Waals surface area contributed by atoms with Gasteiger partial charge >= 0.3 is 26.7 Å². The summed E-state index contributed by atoms with van der Waals surface area (Å²) in [5, 5.41) is 22.3. The van der Waals surface area contributed by atoms with Crippen molar-refractivity contribution in [3.8, 4) is 0 Å². The standard InChI is InChI=1S/C38H69N5O9Si/c1-5-49-38(48)18-26-42-22-11-23-43(30-29-41(25-17-37(46)47)21-10-20-40(27-28-42)24-16-36(44)45)33-35-14-12-34(13-15-35)32-39-19-9-31-53(50-6-2,51-7-3)52-8-4/h12-15,39H,5-11,16-33H2,1-4H3,(H,44,45)(H,46,47). The van der Waals surface area contributed by atoms with Gasteiger partial charge in [0.05, 0.1) is 25.9 Å². The van der Waals surface area contributed by atoms with Gasteiger partial charge < -0.3 is 48.2 Å². The third kappa shape index (κ3) is 21.3. The van der Waals surface area contributed by atoms with Gasteiger partial charge in [-0.15, -0.1) is 0 Å². The average Bonchev–Trinajstić information content (AvgIpc) is 3.12. The van der Waals surface area contributed by atoms with Crippen molar-refractivity contribution in [1.82, 2.24) is 24.9 Å². The summed E-state index contributed by atoms with van der Waals surface area (Å²) in [6.45, 7) is 19.9. The quantitative estimate of drug-likeness (QED) is 0.0798. The molecule has 2 rings (SSSR count). The normalized spacial score (nSPS) is 16.7. The minimum absolute atomic E-state index is 0.0682. The van der Waals surface area contributed by atoms with Gasteiger partial charge in [-0.2, -0.15) is 0 Å². The summed E-state index contributed by atoms with van der Waals surface area (Å²) in [7, 11) is -2.63. The Morgan fingerprint density at radius 3 is 1.57 bits per heavy atom. The first kappa shape index (κ1) is 46.7. The summed E-state index contributed by atoms with van der Waals surface area (Å²) in [6, 6.07) is 9.53. The molecule has 1 aromatic rings. The number of ether oxygens (including phenoxy) is 1. The molecule has 0 aliphatic carbocycles. The molecule has 1 fully saturated rings. The fraction of sp³-hybridized carbons (Fsp3) is 0.763. The Balaban J connectivity index is 2.05. The summed E-state index contributed by atoms with van der Waals surface area (Å²) in [4.78, 5) is 44.2. The first-order valence-corrected chi connectivity index (χ1v) is 21.7. The van der Waals surface area contributed by atoms with Crippen LogP contribution in [-0.2, 0) is 45.5 Å². The van der Waals surface area contributed by atoms with Crippen LogP contribution in [0.1, 0.15) is 77.3 Å². The van der Waals surface area contributed by atoms with Crippen LogP contribution in [0.3, 0.4) is 0 Å². The molecule has 0 unspecified atom stereocenters. The van der Waals surface area contributed by atoms with Crippen molar-refractivity contribution in [1.29, 1.82) is 0 Å². The number of esters is 1. The molecular formula is C38H69N5O9Si. The van der Waals surface area contributed by atoms with Crippen LogP contribution in [0.15, 0.2) is 24.3 Å². The van der Waals surface area contributed by atoms with Crippen molar-refractivity contribution in [2.75, 3.05) is 105 Å². The van der Waals surface area contributed by atoms with Crippen LogP contribution < -0.4 is 5.32 Å². The van der Waals surface area contributed by atoms with Gasteiger partial charge in [0.2, 0.25) is 0 Å². The van der Waals surface area contributed by atoms with Crippen LogP contribution in [0.4, 0.5) is 0 Å². The average molecular weight is 768 g/mol. The van der Waals surface area contributed by atoms with E-state index in [1.807, 2.05) is 27.7 Å². The van der Waals surface area contributed by atoms with Crippen LogP contribution in [0.25, 0.3) is 0 Å². The van der Waals surface area contributed by atoms with Crippen molar-refractivity contribution in [2.24, 2.45) is 0 Å². The highest BCUT2D eigenvalue weighted by atomic mass is 28.4. The van der Waals surface area contributed by atoms with E-state index in [4.69, 9.17) is 18.0 Å². The van der Waals surface area contributed by atoms with Gasteiger partial charge in [0, 0.05) is 84.8 Å². The van der Waals surface area contributed by atoms with Crippen molar-refractivity contribution in [3.05, 3.63) is 35.4 Å². The number of benzene rings is 1. The van der Waals surface area contributed by atoms with Crippen molar-refractivity contribution < 1.29 is 42.6 Å². The summed E-state index contributed by atoms with van der Waals surface area (Å²) >= 11 is 0. The van der Waals surface area contributed by atoms with E-state index in [0.29, 0.717) is 59.0 Å². The first-order valence-electron chi connectivity index (χ1n) is 19.8. The Kier molecular flexibility index (Phi) is 24.7. The zero-order valence-corrected chi connectivity index (χ0v) is 34.0. The van der Waals surface area contributed by atoms with Gasteiger partial charge in [-0.3, -0.25) is 19.3 Å². The van der Waals surface area contributed by atoms with Gasteiger partial charge in [0.1, 0.15) is 0 Å². The summed E-state index contributed by atoms with van der Waals surface area (Å²) < 4.78 is 23.1. The minimum Gasteiger partial charge on any atom is -0.481 e. The van der Waals surface area contributed by atoms with E-state index in [9.17, 15) is 24.6 Å². The molecule has 0 amide bonds. The maximum Gasteiger partial charge on any atom is 0.500 e. The predicted molar refractivity (Wildman–Crippen MR) is 208 cm³/mol. The number of carbonyl (C=O) groups excluding carboxylic acids is 1. The van der Waals surface area contributed by atoms with Gasteiger partial charge in [-0.1, -0.05) is 24.3 Å². The molecule has 1 heterocycles. The Labute approximate surface area is 319 Å². The number of hydrogen-bond acceptors (Lipinski definition) is 12. The molecule has 1 aliphatic rings. The van der Waals surface area contributed by atoms with Crippen LogP contribution >= 0.6 is 0 Å². The largest absolute Gasteiger partial charge is 0.500 e. The van der Waals surface area contributed by atoms with E-state index in [0.717, 1.165) is 90.8 Å². The van der Waals surface area contributed by atoms with E-state index in [1.165, 1.54) is 11.1 Å². The molecule has 0 atom stereocenters. The molecule has 304 valence electrons. The van der Waals surface area contributed by atoms with E-state index < -0.39 is 20.7 Å². The van der Waals surface area contributed by atoms with Crippen LogP contribution in [0, 0.1) is 0 Å². The Hall–Kier alpha value is -2.47. The lowest BCUT2D eigenvalue weighted by Gasteiger charge is -2.32. The minimum atomic E-state index is -2.63. The topological polar surface area (TPSA) is 154 Å². The van der Waals surface area contributed by atoms with E-state index in [1.54, 1.807) is 0 Å². The number of nitrogens with one attached hydrogen (secondary N) is 1. The van der Waals surface area contributed by atoms with Crippen LogP contribution in [0.5, 0.6) is 0 Å². The molecule has 1 aromatic carbocycles. The second-order valence-corrected chi connectivity index (χ2v) is 16.2. The molecule has 0 radical (unpaired) electrons. The number of rotatable bonds is 24. The maximum atomic E-state index is 12.2. The lowest BCUT2D eigenvalue weighted by molar-refractivity contribution is -0.143. The van der Waals surface area contributed by atoms with Crippen molar-refractivity contribution in [2.45, 2.75) is 85.4 Å². The maximum absolute atomic E-state index is 12.2. The Morgan fingerprint density at radius 1 is 0.642 bits per heavy atom. The zero-order chi connectivity index (χ0) is 38.7.